The highest BCUT2D eigenvalue weighted by atomic mass is 16.1. The molecule has 4 nitrogen and oxygen atoms in total. The highest BCUT2D eigenvalue weighted by Gasteiger charge is 2.19. The molecule has 16 heavy (non-hydrogen) atoms. The summed E-state index contributed by atoms with van der Waals surface area (Å²) in [5.41, 5.74) is 0.591. The Hall–Kier alpha value is -1.63. The third kappa shape index (κ3) is 2.69. The number of hydrogen-bond acceptors (Lipinski definition) is 3. The molecule has 1 rings (SSSR count). The smallest absolute Gasteiger partial charge is 0.186 e. The van der Waals surface area contributed by atoms with E-state index < -0.39 is 0 Å². The first-order valence-corrected chi connectivity index (χ1v) is 5.63. The van der Waals surface area contributed by atoms with Crippen LogP contribution in [-0.2, 0) is 6.42 Å². The largest absolute Gasteiger partial charge is 0.333 e. The maximum Gasteiger partial charge on any atom is 0.186 e. The number of imidazole rings is 1. The van der Waals surface area contributed by atoms with E-state index in [1.54, 1.807) is 0 Å². The Kier molecular flexibility index (Phi) is 4.24. The molecular formula is C12H17N3O. The van der Waals surface area contributed by atoms with E-state index in [1.165, 1.54) is 0 Å². The van der Waals surface area contributed by atoms with Crippen molar-refractivity contribution in [2.24, 2.45) is 5.92 Å². The lowest BCUT2D eigenvalue weighted by molar-refractivity contribution is 0.0934. The normalized spacial score (nSPS) is 10.4. The zero-order chi connectivity index (χ0) is 12.1. The van der Waals surface area contributed by atoms with E-state index in [1.807, 2.05) is 19.9 Å². The second-order valence-electron chi connectivity index (χ2n) is 4.14. The molecule has 1 heterocycles. The molecule has 0 radical (unpaired) electrons. The highest BCUT2D eigenvalue weighted by Crippen LogP contribution is 2.12. The number of H-pyrrole nitrogens is 1. The third-order valence-electron chi connectivity index (χ3n) is 2.39. The molecule has 0 saturated carbocycles. The molecule has 0 unspecified atom stereocenters. The van der Waals surface area contributed by atoms with Crippen molar-refractivity contribution in [2.75, 3.05) is 0 Å². The monoisotopic (exact) mass is 219 g/mol. The first-order valence-electron chi connectivity index (χ1n) is 5.63. The highest BCUT2D eigenvalue weighted by molar-refractivity contribution is 5.97. The number of aromatic nitrogens is 2. The first kappa shape index (κ1) is 12.4. The lowest BCUT2D eigenvalue weighted by atomic mass is 10.1. The van der Waals surface area contributed by atoms with Crippen molar-refractivity contribution in [1.29, 1.82) is 5.26 Å². The van der Waals surface area contributed by atoms with Gasteiger partial charge in [-0.25, -0.2) is 4.98 Å². The summed E-state index contributed by atoms with van der Waals surface area (Å²) in [6, 6.07) is 1.99. The fraction of sp³-hybridized carbons (Fsp3) is 0.583. The Labute approximate surface area is 95.7 Å². The van der Waals surface area contributed by atoms with Gasteiger partial charge in [-0.2, -0.15) is 5.26 Å². The van der Waals surface area contributed by atoms with E-state index in [0.717, 1.165) is 25.1 Å². The third-order valence-corrected chi connectivity index (χ3v) is 2.39. The standard InChI is InChI=1S/C12H17N3O/c1-4-5-6-10-14-9(7-13)11(15-10)12(16)8(2)3/h8H,4-6H2,1-3H3,(H,14,15). The molecule has 0 aliphatic carbocycles. The molecule has 0 bridgehead atoms. The van der Waals surface area contributed by atoms with E-state index in [4.69, 9.17) is 5.26 Å². The van der Waals surface area contributed by atoms with Crippen molar-refractivity contribution in [1.82, 2.24) is 9.97 Å². The summed E-state index contributed by atoms with van der Waals surface area (Å²) in [5.74, 6) is 0.535. The average molecular weight is 219 g/mol. The fourth-order valence-electron chi connectivity index (χ4n) is 1.42. The lowest BCUT2D eigenvalue weighted by Crippen LogP contribution is -2.09. The molecule has 0 saturated heterocycles. The van der Waals surface area contributed by atoms with Crippen molar-refractivity contribution in [3.8, 4) is 6.07 Å². The molecule has 0 fully saturated rings. The van der Waals surface area contributed by atoms with Crippen LogP contribution in [0.3, 0.4) is 0 Å². The van der Waals surface area contributed by atoms with E-state index in [-0.39, 0.29) is 11.7 Å². The number of Topliss-reactive ketones (excluding diaryl/α,β-unsaturated/α-hetero) is 1. The number of unbranched alkanes of at least 4 members (excludes halogenated alkanes) is 1. The number of rotatable bonds is 5. The van der Waals surface area contributed by atoms with Crippen molar-refractivity contribution in [3.63, 3.8) is 0 Å². The second-order valence-corrected chi connectivity index (χ2v) is 4.14. The molecule has 0 aliphatic heterocycles. The zero-order valence-electron chi connectivity index (χ0n) is 10.0. The second kappa shape index (κ2) is 5.45. The van der Waals surface area contributed by atoms with Crippen LogP contribution >= 0.6 is 0 Å². The number of nitrogens with zero attached hydrogens (tertiary/aromatic N) is 2. The molecule has 0 aromatic carbocycles. The number of aryl methyl sites for hydroxylation is 1. The molecule has 0 spiro atoms. The van der Waals surface area contributed by atoms with Gasteiger partial charge in [0.2, 0.25) is 0 Å². The van der Waals surface area contributed by atoms with Gasteiger partial charge in [-0.3, -0.25) is 4.79 Å². The molecule has 0 atom stereocenters. The summed E-state index contributed by atoms with van der Waals surface area (Å²) in [7, 11) is 0. The summed E-state index contributed by atoms with van der Waals surface area (Å²) >= 11 is 0. The molecule has 86 valence electrons. The zero-order valence-corrected chi connectivity index (χ0v) is 10.0. The Bertz CT molecular complexity index is 412. The number of hydrogen-bond donors (Lipinski definition) is 1. The van der Waals surface area contributed by atoms with Gasteiger partial charge < -0.3 is 4.98 Å². The average Bonchev–Trinajstić information content (AvgIpc) is 2.68. The first-order chi connectivity index (χ1) is 7.60. The van der Waals surface area contributed by atoms with E-state index in [9.17, 15) is 4.79 Å². The van der Waals surface area contributed by atoms with Crippen molar-refractivity contribution in [3.05, 3.63) is 17.2 Å². The minimum atomic E-state index is -0.130. The minimum Gasteiger partial charge on any atom is -0.333 e. The maximum absolute atomic E-state index is 11.8. The number of aromatic amines is 1. The van der Waals surface area contributed by atoms with E-state index >= 15 is 0 Å². The summed E-state index contributed by atoms with van der Waals surface area (Å²) in [6.07, 6.45) is 2.86. The van der Waals surface area contributed by atoms with E-state index in [2.05, 4.69) is 16.9 Å². The van der Waals surface area contributed by atoms with Crippen LogP contribution in [-0.4, -0.2) is 15.8 Å². The number of nitrogens with one attached hydrogen (secondary N) is 1. The van der Waals surface area contributed by atoms with Gasteiger partial charge in [0, 0.05) is 12.3 Å². The van der Waals surface area contributed by atoms with Crippen LogP contribution in [0.15, 0.2) is 0 Å². The van der Waals surface area contributed by atoms with E-state index in [0.29, 0.717) is 11.4 Å². The molecule has 0 aliphatic rings. The number of carbonyl (C=O) groups is 1. The molecular weight excluding hydrogens is 202 g/mol. The van der Waals surface area contributed by atoms with Gasteiger partial charge in [0.15, 0.2) is 5.78 Å². The van der Waals surface area contributed by atoms with Crippen LogP contribution in [0.25, 0.3) is 0 Å². The molecule has 1 aromatic rings. The van der Waals surface area contributed by atoms with Gasteiger partial charge in [-0.05, 0) is 6.42 Å². The Morgan fingerprint density at radius 3 is 2.75 bits per heavy atom. The van der Waals surface area contributed by atoms with Crippen molar-refractivity contribution < 1.29 is 4.79 Å². The fourth-order valence-corrected chi connectivity index (χ4v) is 1.42. The van der Waals surface area contributed by atoms with Crippen molar-refractivity contribution in [2.45, 2.75) is 40.0 Å². The summed E-state index contributed by atoms with van der Waals surface area (Å²) in [5, 5.41) is 8.91. The van der Waals surface area contributed by atoms with Gasteiger partial charge in [-0.15, -0.1) is 0 Å². The van der Waals surface area contributed by atoms with Gasteiger partial charge in [-0.1, -0.05) is 27.2 Å². The minimum absolute atomic E-state index is 0.0736. The number of nitriles is 1. The predicted molar refractivity (Wildman–Crippen MR) is 61.1 cm³/mol. The van der Waals surface area contributed by atoms with Crippen LogP contribution in [0, 0.1) is 17.2 Å². The van der Waals surface area contributed by atoms with Crippen LogP contribution in [0.2, 0.25) is 0 Å². The topological polar surface area (TPSA) is 69.5 Å². The Morgan fingerprint density at radius 2 is 2.25 bits per heavy atom. The SMILES string of the molecule is CCCCc1nc(C(=O)C(C)C)c(C#N)[nH]1. The molecule has 4 heteroatoms. The maximum atomic E-state index is 11.8. The van der Waals surface area contributed by atoms with Gasteiger partial charge in [0.05, 0.1) is 0 Å². The van der Waals surface area contributed by atoms with Crippen LogP contribution in [0.4, 0.5) is 0 Å². The molecule has 1 N–H and O–H groups in total. The van der Waals surface area contributed by atoms with Crippen LogP contribution < -0.4 is 0 Å². The lowest BCUT2D eigenvalue weighted by Gasteiger charge is -1.99. The summed E-state index contributed by atoms with van der Waals surface area (Å²) < 4.78 is 0. The Morgan fingerprint density at radius 1 is 1.56 bits per heavy atom. The van der Waals surface area contributed by atoms with Crippen LogP contribution in [0.1, 0.15) is 55.6 Å². The quantitative estimate of drug-likeness (QED) is 0.773. The summed E-state index contributed by atoms with van der Waals surface area (Å²) in [6.45, 7) is 5.71. The number of carbonyl (C=O) groups excluding carboxylic acids is 1. The van der Waals surface area contributed by atoms with Gasteiger partial charge in [0.25, 0.3) is 0 Å². The van der Waals surface area contributed by atoms with Crippen molar-refractivity contribution >= 4 is 5.78 Å². The van der Waals surface area contributed by atoms with Gasteiger partial charge in [0.1, 0.15) is 23.3 Å². The summed E-state index contributed by atoms with van der Waals surface area (Å²) in [4.78, 5) is 18.9. The van der Waals surface area contributed by atoms with Gasteiger partial charge >= 0.3 is 0 Å². The molecule has 0 amide bonds. The Balaban J connectivity index is 2.96. The molecule has 1 aromatic heterocycles. The number of ketones is 1. The van der Waals surface area contributed by atoms with Crippen LogP contribution in [0.5, 0.6) is 0 Å². The predicted octanol–water partition coefficient (Wildman–Crippen LogP) is 2.46.